The molecule has 8 amide bonds. The van der Waals surface area contributed by atoms with Crippen LogP contribution in [-0.4, -0.2) is 135 Å². The molecule has 1 aromatic heterocycles. The Hall–Kier alpha value is -7.07. The number of aliphatic carboxylic acids is 1. The number of amides is 8. The highest BCUT2D eigenvalue weighted by Gasteiger charge is 2.46. The number of nitrogens with one attached hydrogen (secondary N) is 5. The molecule has 0 aliphatic carbocycles. The smallest absolute Gasteiger partial charge is 0.326 e. The molecule has 0 spiro atoms. The first-order valence-corrected chi connectivity index (χ1v) is 25.0. The minimum Gasteiger partial charge on any atom is -0.480 e. The third-order valence-electron chi connectivity index (χ3n) is 12.8. The van der Waals surface area contributed by atoms with E-state index < -0.39 is 125 Å². The zero-order valence-electron chi connectivity index (χ0n) is 44.0. The van der Waals surface area contributed by atoms with E-state index >= 15 is 4.39 Å². The van der Waals surface area contributed by atoms with Gasteiger partial charge in [-0.1, -0.05) is 78.8 Å². The highest BCUT2D eigenvalue weighted by molar-refractivity contribution is 6.08. The molecule has 1 aliphatic heterocycles. The largest absolute Gasteiger partial charge is 0.480 e. The molecule has 9 N–H and O–H groups in total. The van der Waals surface area contributed by atoms with Gasteiger partial charge >= 0.3 is 5.97 Å². The molecule has 1 fully saturated rings. The van der Waals surface area contributed by atoms with Gasteiger partial charge in [0.1, 0.15) is 42.9 Å². The summed E-state index contributed by atoms with van der Waals surface area (Å²) in [7, 11) is 0. The number of likely N-dealkylation sites (tertiary alicyclic amines) is 1. The summed E-state index contributed by atoms with van der Waals surface area (Å²) < 4.78 is 31.4. The molecule has 2 heterocycles. The predicted molar refractivity (Wildman–Crippen MR) is 272 cm³/mol. The summed E-state index contributed by atoms with van der Waals surface area (Å²) in [6.07, 6.45) is 2.04. The highest BCUT2D eigenvalue weighted by Crippen LogP contribution is 2.41. The van der Waals surface area contributed by atoms with E-state index in [9.17, 15) is 57.8 Å². The maximum Gasteiger partial charge on any atom is 0.326 e. The van der Waals surface area contributed by atoms with Crippen LogP contribution in [-0.2, 0) is 49.7 Å². The molecule has 0 saturated carbocycles. The summed E-state index contributed by atoms with van der Waals surface area (Å²) in [5.74, 6) is -8.04. The molecule has 1 unspecified atom stereocenters. The lowest BCUT2D eigenvalue weighted by atomic mass is 9.82. The Bertz CT molecular complexity index is 2550. The number of carbonyl (C=O) groups excluding carboxylic acids is 8. The van der Waals surface area contributed by atoms with E-state index in [2.05, 4.69) is 26.6 Å². The van der Waals surface area contributed by atoms with Crippen molar-refractivity contribution in [1.29, 1.82) is 0 Å². The number of hydrogen-bond donors (Lipinski definition) is 8. The van der Waals surface area contributed by atoms with Crippen LogP contribution in [0.4, 0.5) is 8.78 Å². The van der Waals surface area contributed by atoms with Crippen molar-refractivity contribution in [3.63, 3.8) is 0 Å². The van der Waals surface area contributed by atoms with E-state index in [1.54, 1.807) is 40.0 Å². The van der Waals surface area contributed by atoms with Crippen molar-refractivity contribution in [3.05, 3.63) is 83.7 Å². The van der Waals surface area contributed by atoms with Crippen LogP contribution in [0.5, 0.6) is 0 Å². The molecule has 3 aromatic rings. The average Bonchev–Trinajstić information content (AvgIpc) is 3.82. The molecular weight excluding hydrogens is 977 g/mol. The Morgan fingerprint density at radius 2 is 1.52 bits per heavy atom. The summed E-state index contributed by atoms with van der Waals surface area (Å²) in [4.78, 5) is 117. The lowest BCUT2D eigenvalue weighted by molar-refractivity contribution is -0.144. The number of aromatic nitrogens is 1. The van der Waals surface area contributed by atoms with E-state index in [0.717, 1.165) is 28.7 Å². The third-order valence-corrected chi connectivity index (χ3v) is 12.8. The second-order valence-electron chi connectivity index (χ2n) is 21.0. The number of carboxylic acid groups (broad SMARTS) is 1. The fourth-order valence-corrected chi connectivity index (χ4v) is 8.74. The number of carbonyl (C=O) groups is 9. The summed E-state index contributed by atoms with van der Waals surface area (Å²) >= 11 is 0. The summed E-state index contributed by atoms with van der Waals surface area (Å²) in [6.45, 7) is 12.4. The van der Waals surface area contributed by atoms with Crippen molar-refractivity contribution in [2.45, 2.75) is 131 Å². The number of aliphatic hydroxyl groups excluding tert-OH is 1. The van der Waals surface area contributed by atoms with E-state index in [-0.39, 0.29) is 57.3 Å². The zero-order chi connectivity index (χ0) is 55.9. The lowest BCUT2D eigenvalue weighted by Gasteiger charge is -2.41. The molecule has 5 atom stereocenters. The lowest BCUT2D eigenvalue weighted by Crippen LogP contribution is -2.57. The highest BCUT2D eigenvalue weighted by atomic mass is 19.1. The molecule has 20 nitrogen and oxygen atoms in total. The van der Waals surface area contributed by atoms with Crippen LogP contribution in [0.2, 0.25) is 0 Å². The van der Waals surface area contributed by atoms with Gasteiger partial charge in [-0.05, 0) is 73.8 Å². The Labute approximate surface area is 435 Å². The Balaban J connectivity index is 1.24. The number of hydrogen-bond acceptors (Lipinski definition) is 11. The fourth-order valence-electron chi connectivity index (χ4n) is 8.74. The number of nitrogens with two attached hydrogens (primary N) is 1. The van der Waals surface area contributed by atoms with Crippen molar-refractivity contribution >= 4 is 53.2 Å². The fraction of sp³-hybridized carbons (Fsp3) is 0.528. The van der Waals surface area contributed by atoms with Crippen molar-refractivity contribution in [1.82, 2.24) is 41.0 Å². The van der Waals surface area contributed by atoms with Crippen LogP contribution < -0.4 is 32.3 Å². The quantitative estimate of drug-likeness (QED) is 0.0404. The average molecular weight is 1050 g/mol. The van der Waals surface area contributed by atoms with Gasteiger partial charge in [0.25, 0.3) is 0 Å². The molecule has 4 rings (SSSR count). The molecule has 0 bridgehead atoms. The number of carboxylic acids is 1. The van der Waals surface area contributed by atoms with Crippen LogP contribution in [0.15, 0.2) is 60.8 Å². The molecule has 75 heavy (non-hydrogen) atoms. The molecule has 0 radical (unpaired) electrons. The van der Waals surface area contributed by atoms with Gasteiger partial charge in [0.05, 0.1) is 17.5 Å². The number of rotatable bonds is 27. The van der Waals surface area contributed by atoms with Gasteiger partial charge in [-0.3, -0.25) is 43.3 Å². The van der Waals surface area contributed by atoms with Crippen LogP contribution in [0, 0.1) is 28.4 Å². The van der Waals surface area contributed by atoms with Gasteiger partial charge in [-0.15, -0.1) is 0 Å². The predicted octanol–water partition coefficient (Wildman–Crippen LogP) is 2.90. The summed E-state index contributed by atoms with van der Waals surface area (Å²) in [5, 5.41) is 32.6. The summed E-state index contributed by atoms with van der Waals surface area (Å²) in [6, 6.07) is 8.67. The normalized spacial score (nSPS) is 15.3. The maximum atomic E-state index is 15.1. The molecule has 22 heteroatoms. The van der Waals surface area contributed by atoms with Crippen LogP contribution in [0.3, 0.4) is 0 Å². The number of benzene rings is 2. The number of aliphatic hydroxyl groups is 1. The second-order valence-corrected chi connectivity index (χ2v) is 21.0. The Morgan fingerprint density at radius 1 is 0.840 bits per heavy atom. The van der Waals surface area contributed by atoms with Crippen LogP contribution in [0.25, 0.3) is 11.1 Å². The zero-order valence-corrected chi connectivity index (χ0v) is 44.0. The monoisotopic (exact) mass is 1050 g/mol. The maximum absolute atomic E-state index is 15.1. The van der Waals surface area contributed by atoms with Crippen LogP contribution in [0.1, 0.15) is 111 Å². The van der Waals surface area contributed by atoms with Gasteiger partial charge in [0.2, 0.25) is 47.3 Å². The third kappa shape index (κ3) is 17.2. The molecule has 1 aliphatic rings. The molecular formula is C53H73F2N9O11. The van der Waals surface area contributed by atoms with Gasteiger partial charge in [0, 0.05) is 62.0 Å². The SMILES string of the molecule is CC(C)C(NC(=O)CN1C(=O)CC(C)(C)C1=O)C(=O)N[C@@H](C)C(=O)N[C@@H](CCCCNC(=O)CCNC(=O)[C@@H](N)CCN(C(=O)CO)[C@@H](c1cc(-c2cc(F)ccc2F)cn1Cc1ccccc1)C(C)(C)C)C(=O)O. The van der Waals surface area contributed by atoms with E-state index in [0.29, 0.717) is 24.2 Å². The molecule has 2 aromatic carbocycles. The summed E-state index contributed by atoms with van der Waals surface area (Å²) in [5.41, 5.74) is 6.51. The van der Waals surface area contributed by atoms with Crippen LogP contribution >= 0.6 is 0 Å². The van der Waals surface area contributed by atoms with Crippen molar-refractivity contribution < 1.29 is 62.1 Å². The van der Waals surface area contributed by atoms with Gasteiger partial charge < -0.3 is 52.0 Å². The van der Waals surface area contributed by atoms with Crippen molar-refractivity contribution in [2.75, 3.05) is 32.8 Å². The standard InChI is InChI=1S/C53H73F2N9O11/c1-31(2)45(61-42(67)29-64-43(68)26-53(7,8)51(64)75)49(72)59-32(3)47(70)60-39(50(73)74)16-12-13-21-57-41(66)19-22-58-48(71)38(56)20-23-63(44(69)30-65)46(52(4,5)6)40-24-34(36-25-35(54)17-18-37(36)55)28-62(40)27-33-14-10-9-11-15-33/h9-11,14-15,17-18,24-25,28,31-32,38-39,45-46,65H,12-13,16,19-23,26-27,29-30,56H2,1-8H3,(H,57,66)(H,58,71)(H,59,72)(H,60,70)(H,61,67)(H,73,74)/t32-,38-,39-,45?,46-/m0/s1. The minimum atomic E-state index is -1.34. The van der Waals surface area contributed by atoms with Crippen molar-refractivity contribution in [2.24, 2.45) is 22.5 Å². The molecule has 1 saturated heterocycles. The Kier molecular flexibility index (Phi) is 21.7. The second kappa shape index (κ2) is 26.9. The van der Waals surface area contributed by atoms with Crippen molar-refractivity contribution in [3.8, 4) is 11.1 Å². The van der Waals surface area contributed by atoms with E-state index in [1.807, 2.05) is 55.7 Å². The first-order chi connectivity index (χ1) is 35.1. The first-order valence-electron chi connectivity index (χ1n) is 25.0. The topological polar surface area (TPSA) is 292 Å². The number of unbranched alkanes of at least 4 members (excludes halogenated alkanes) is 1. The van der Waals surface area contributed by atoms with Gasteiger partial charge in [0.15, 0.2) is 0 Å². The Morgan fingerprint density at radius 3 is 2.12 bits per heavy atom. The molecule has 410 valence electrons. The van der Waals surface area contributed by atoms with E-state index in [1.165, 1.54) is 11.8 Å². The van der Waals surface area contributed by atoms with Gasteiger partial charge in [-0.25, -0.2) is 13.6 Å². The van der Waals surface area contributed by atoms with E-state index in [4.69, 9.17) is 5.73 Å². The van der Waals surface area contributed by atoms with Gasteiger partial charge in [-0.2, -0.15) is 0 Å². The first kappa shape index (κ1) is 60.5. The number of imide groups is 1. The number of halogens is 2. The number of nitrogens with zero attached hydrogens (tertiary/aromatic N) is 3. The minimum absolute atomic E-state index is 0.0187.